The molecule has 0 spiro atoms. The van der Waals surface area contributed by atoms with E-state index in [1.165, 1.54) is 13.2 Å². The minimum Gasteiger partial charge on any atom is -0.274 e. The first-order valence-corrected chi connectivity index (χ1v) is 4.76. The molecule has 0 aliphatic carbocycles. The first kappa shape index (κ1) is 11.8. The Morgan fingerprint density at radius 1 is 1.40 bits per heavy atom. The standard InChI is InChI=1S/C11H12ClNO2/c1-13(15-2)11(14)8-5-9-3-6-10(12)7-4-9/h3-8H,1-2H3. The molecule has 0 bridgehead atoms. The van der Waals surface area contributed by atoms with Gasteiger partial charge >= 0.3 is 0 Å². The normalized spacial score (nSPS) is 10.6. The number of hydrogen-bond donors (Lipinski definition) is 0. The minimum absolute atomic E-state index is 0.215. The topological polar surface area (TPSA) is 29.5 Å². The third kappa shape index (κ3) is 3.73. The van der Waals surface area contributed by atoms with E-state index in [4.69, 9.17) is 16.4 Å². The molecule has 1 rings (SSSR count). The van der Waals surface area contributed by atoms with Crippen molar-refractivity contribution in [1.29, 1.82) is 0 Å². The summed E-state index contributed by atoms with van der Waals surface area (Å²) in [4.78, 5) is 16.0. The maximum absolute atomic E-state index is 11.3. The highest BCUT2D eigenvalue weighted by atomic mass is 35.5. The van der Waals surface area contributed by atoms with E-state index in [1.54, 1.807) is 25.3 Å². The van der Waals surface area contributed by atoms with Crippen molar-refractivity contribution in [2.75, 3.05) is 14.2 Å². The monoisotopic (exact) mass is 225 g/mol. The highest BCUT2D eigenvalue weighted by Gasteiger charge is 2.01. The van der Waals surface area contributed by atoms with E-state index >= 15 is 0 Å². The Hall–Kier alpha value is -1.32. The zero-order chi connectivity index (χ0) is 11.3. The molecule has 0 atom stereocenters. The van der Waals surface area contributed by atoms with Crippen molar-refractivity contribution in [3.8, 4) is 0 Å². The summed E-state index contributed by atoms with van der Waals surface area (Å²) in [7, 11) is 2.99. The second kappa shape index (κ2) is 5.53. The van der Waals surface area contributed by atoms with Crippen LogP contribution in [-0.4, -0.2) is 25.1 Å². The minimum atomic E-state index is -0.215. The second-order valence-corrected chi connectivity index (χ2v) is 3.34. The fourth-order valence-electron chi connectivity index (χ4n) is 0.936. The lowest BCUT2D eigenvalue weighted by Crippen LogP contribution is -2.22. The molecule has 0 aliphatic heterocycles. The van der Waals surface area contributed by atoms with Crippen LogP contribution in [0.4, 0.5) is 0 Å². The number of carbonyl (C=O) groups is 1. The highest BCUT2D eigenvalue weighted by Crippen LogP contribution is 2.10. The molecule has 0 aromatic heterocycles. The largest absolute Gasteiger partial charge is 0.274 e. The van der Waals surface area contributed by atoms with Gasteiger partial charge in [-0.1, -0.05) is 23.7 Å². The van der Waals surface area contributed by atoms with E-state index < -0.39 is 0 Å². The van der Waals surface area contributed by atoms with Crippen molar-refractivity contribution >= 4 is 23.6 Å². The van der Waals surface area contributed by atoms with Gasteiger partial charge in [-0.25, -0.2) is 5.06 Å². The fourth-order valence-corrected chi connectivity index (χ4v) is 1.06. The number of amides is 1. The van der Waals surface area contributed by atoms with Crippen LogP contribution < -0.4 is 0 Å². The van der Waals surface area contributed by atoms with E-state index in [2.05, 4.69) is 0 Å². The molecule has 4 heteroatoms. The van der Waals surface area contributed by atoms with Crippen LogP contribution in [0.15, 0.2) is 30.3 Å². The van der Waals surface area contributed by atoms with Gasteiger partial charge in [-0.2, -0.15) is 0 Å². The second-order valence-electron chi connectivity index (χ2n) is 2.90. The van der Waals surface area contributed by atoms with Crippen LogP contribution in [0.5, 0.6) is 0 Å². The molecular weight excluding hydrogens is 214 g/mol. The average Bonchev–Trinajstić information content (AvgIpc) is 2.26. The summed E-state index contributed by atoms with van der Waals surface area (Å²) in [6.07, 6.45) is 3.14. The first-order chi connectivity index (χ1) is 7.13. The van der Waals surface area contributed by atoms with Crippen molar-refractivity contribution < 1.29 is 9.63 Å². The van der Waals surface area contributed by atoms with Crippen molar-refractivity contribution in [2.45, 2.75) is 0 Å². The third-order valence-corrected chi connectivity index (χ3v) is 2.12. The number of halogens is 1. The molecule has 15 heavy (non-hydrogen) atoms. The van der Waals surface area contributed by atoms with E-state index in [0.29, 0.717) is 5.02 Å². The predicted octanol–water partition coefficient (Wildman–Crippen LogP) is 2.37. The van der Waals surface area contributed by atoms with Crippen molar-refractivity contribution in [3.05, 3.63) is 40.9 Å². The molecule has 3 nitrogen and oxygen atoms in total. The zero-order valence-electron chi connectivity index (χ0n) is 8.61. The molecule has 1 aromatic carbocycles. The van der Waals surface area contributed by atoms with Crippen LogP contribution in [0.2, 0.25) is 5.02 Å². The Bertz CT molecular complexity index is 359. The summed E-state index contributed by atoms with van der Waals surface area (Å²) in [6.45, 7) is 0. The maximum Gasteiger partial charge on any atom is 0.269 e. The van der Waals surface area contributed by atoms with Crippen LogP contribution in [0.25, 0.3) is 6.08 Å². The Kier molecular flexibility index (Phi) is 4.34. The highest BCUT2D eigenvalue weighted by molar-refractivity contribution is 6.30. The van der Waals surface area contributed by atoms with E-state index in [-0.39, 0.29) is 5.91 Å². The summed E-state index contributed by atoms with van der Waals surface area (Å²) >= 11 is 5.73. The van der Waals surface area contributed by atoms with Gasteiger partial charge in [-0.05, 0) is 23.8 Å². The maximum atomic E-state index is 11.3. The van der Waals surface area contributed by atoms with E-state index in [1.807, 2.05) is 12.1 Å². The third-order valence-electron chi connectivity index (χ3n) is 1.87. The van der Waals surface area contributed by atoms with E-state index in [0.717, 1.165) is 10.6 Å². The first-order valence-electron chi connectivity index (χ1n) is 4.39. The molecule has 0 radical (unpaired) electrons. The van der Waals surface area contributed by atoms with Gasteiger partial charge in [0.2, 0.25) is 0 Å². The molecule has 0 N–H and O–H groups in total. The van der Waals surface area contributed by atoms with Crippen LogP contribution in [0.3, 0.4) is 0 Å². The lowest BCUT2D eigenvalue weighted by molar-refractivity contribution is -0.162. The number of rotatable bonds is 3. The summed E-state index contributed by atoms with van der Waals surface area (Å²) < 4.78 is 0. The van der Waals surface area contributed by atoms with Gasteiger partial charge in [-0.3, -0.25) is 9.63 Å². The van der Waals surface area contributed by atoms with Gasteiger partial charge in [-0.15, -0.1) is 0 Å². The Morgan fingerprint density at radius 3 is 2.53 bits per heavy atom. The van der Waals surface area contributed by atoms with Crippen molar-refractivity contribution in [3.63, 3.8) is 0 Å². The van der Waals surface area contributed by atoms with Crippen LogP contribution >= 0.6 is 11.6 Å². The summed E-state index contributed by atoms with van der Waals surface area (Å²) in [5, 5.41) is 1.82. The fraction of sp³-hybridized carbons (Fsp3) is 0.182. The number of nitrogens with zero attached hydrogens (tertiary/aromatic N) is 1. The summed E-state index contributed by atoms with van der Waals surface area (Å²) in [6, 6.07) is 7.20. The Balaban J connectivity index is 2.65. The molecular formula is C11H12ClNO2. The van der Waals surface area contributed by atoms with Gasteiger partial charge in [0.25, 0.3) is 5.91 Å². The van der Waals surface area contributed by atoms with Gasteiger partial charge in [0.1, 0.15) is 0 Å². The average molecular weight is 226 g/mol. The SMILES string of the molecule is CON(C)C(=O)C=Cc1ccc(Cl)cc1. The van der Waals surface area contributed by atoms with Crippen LogP contribution in [0.1, 0.15) is 5.56 Å². The summed E-state index contributed by atoms with van der Waals surface area (Å²) in [5.74, 6) is -0.215. The molecule has 80 valence electrons. The van der Waals surface area contributed by atoms with Gasteiger partial charge in [0.15, 0.2) is 0 Å². The number of hydrogen-bond acceptors (Lipinski definition) is 2. The van der Waals surface area contributed by atoms with Gasteiger partial charge in [0.05, 0.1) is 7.11 Å². The van der Waals surface area contributed by atoms with E-state index in [9.17, 15) is 4.79 Å². The number of hydroxylamine groups is 2. The molecule has 0 saturated carbocycles. The van der Waals surface area contributed by atoms with Crippen molar-refractivity contribution in [2.24, 2.45) is 0 Å². The number of likely N-dealkylation sites (N-methyl/N-ethyl adjacent to an activating group) is 1. The summed E-state index contributed by atoms with van der Waals surface area (Å²) in [5.41, 5.74) is 0.914. The van der Waals surface area contributed by atoms with Crippen LogP contribution in [-0.2, 0) is 9.63 Å². The Morgan fingerprint density at radius 2 is 2.00 bits per heavy atom. The molecule has 0 heterocycles. The number of carbonyl (C=O) groups excluding carboxylic acids is 1. The number of benzene rings is 1. The zero-order valence-corrected chi connectivity index (χ0v) is 9.36. The van der Waals surface area contributed by atoms with Gasteiger partial charge in [0, 0.05) is 18.1 Å². The van der Waals surface area contributed by atoms with Crippen LogP contribution in [0, 0.1) is 0 Å². The molecule has 0 fully saturated rings. The molecule has 1 aromatic rings. The molecule has 1 amide bonds. The molecule has 0 unspecified atom stereocenters. The Labute approximate surface area is 93.9 Å². The molecule has 0 saturated heterocycles. The van der Waals surface area contributed by atoms with Crippen molar-refractivity contribution in [1.82, 2.24) is 5.06 Å². The molecule has 0 aliphatic rings. The lowest BCUT2D eigenvalue weighted by Gasteiger charge is -2.09. The van der Waals surface area contributed by atoms with Gasteiger partial charge < -0.3 is 0 Å². The smallest absolute Gasteiger partial charge is 0.269 e. The lowest BCUT2D eigenvalue weighted by atomic mass is 10.2. The quantitative estimate of drug-likeness (QED) is 0.584. The predicted molar refractivity (Wildman–Crippen MR) is 60.3 cm³/mol.